The van der Waals surface area contributed by atoms with Crippen LogP contribution >= 0.6 is 0 Å². The van der Waals surface area contributed by atoms with Gasteiger partial charge in [0.15, 0.2) is 0 Å². The number of hydrogen-bond acceptors (Lipinski definition) is 5. The molecule has 0 spiro atoms. The molecule has 1 atom stereocenters. The first-order valence-electron chi connectivity index (χ1n) is 12.8. The summed E-state index contributed by atoms with van der Waals surface area (Å²) in [6.07, 6.45) is -5.08. The maximum atomic E-state index is 13.7. The normalized spacial score (nSPS) is 20.3. The van der Waals surface area contributed by atoms with Crippen LogP contribution in [0.3, 0.4) is 0 Å². The van der Waals surface area contributed by atoms with Crippen LogP contribution in [-0.2, 0) is 17.7 Å². The van der Waals surface area contributed by atoms with Gasteiger partial charge in [0.2, 0.25) is 5.95 Å². The van der Waals surface area contributed by atoms with E-state index < -0.39 is 36.2 Å². The average molecular weight is 545 g/mol. The summed E-state index contributed by atoms with van der Waals surface area (Å²) < 4.78 is 59.4. The lowest BCUT2D eigenvalue weighted by Crippen LogP contribution is -2.43. The number of rotatable bonds is 4. The van der Waals surface area contributed by atoms with Crippen molar-refractivity contribution in [2.75, 3.05) is 12.3 Å². The minimum atomic E-state index is -4.24. The second-order valence-corrected chi connectivity index (χ2v) is 10.0. The summed E-state index contributed by atoms with van der Waals surface area (Å²) in [5.74, 6) is -1.83. The lowest BCUT2D eigenvalue weighted by molar-refractivity contribution is -0.186. The molecule has 3 aromatic rings. The Bertz CT molecular complexity index is 1380. The highest BCUT2D eigenvalue weighted by Crippen LogP contribution is 2.38. The fraction of sp³-hybridized carbons (Fsp3) is 0.393. The van der Waals surface area contributed by atoms with Crippen molar-refractivity contribution >= 4 is 12.0 Å². The van der Waals surface area contributed by atoms with E-state index in [4.69, 9.17) is 10.5 Å². The van der Waals surface area contributed by atoms with Gasteiger partial charge >= 0.3 is 12.3 Å². The molecule has 2 heterocycles. The molecule has 1 aliphatic heterocycles. The van der Waals surface area contributed by atoms with E-state index in [0.717, 1.165) is 5.56 Å². The quantitative estimate of drug-likeness (QED) is 0.455. The predicted molar refractivity (Wildman–Crippen MR) is 135 cm³/mol. The minimum Gasteiger partial charge on any atom is -0.446 e. The second kappa shape index (κ2) is 10.7. The lowest BCUT2D eigenvalue weighted by atomic mass is 9.87. The zero-order chi connectivity index (χ0) is 27.7. The number of amides is 1. The zero-order valence-electron chi connectivity index (χ0n) is 21.0. The molecule has 0 saturated heterocycles. The first kappa shape index (κ1) is 26.7. The monoisotopic (exact) mass is 544 g/mol. The summed E-state index contributed by atoms with van der Waals surface area (Å²) >= 11 is 0. The van der Waals surface area contributed by atoms with Crippen LogP contribution in [0.1, 0.15) is 54.1 Å². The van der Waals surface area contributed by atoms with E-state index in [-0.39, 0.29) is 56.7 Å². The number of benzene rings is 2. The van der Waals surface area contributed by atoms with Gasteiger partial charge < -0.3 is 15.4 Å². The molecule has 1 aliphatic carbocycles. The van der Waals surface area contributed by atoms with Crippen LogP contribution in [-0.4, -0.2) is 39.4 Å². The van der Waals surface area contributed by atoms with Crippen LogP contribution in [0.2, 0.25) is 0 Å². The van der Waals surface area contributed by atoms with Crippen molar-refractivity contribution in [3.8, 4) is 0 Å². The molecule has 1 fully saturated rings. The largest absolute Gasteiger partial charge is 0.446 e. The number of hydrogen-bond donors (Lipinski definition) is 1. The van der Waals surface area contributed by atoms with E-state index in [0.29, 0.717) is 16.8 Å². The van der Waals surface area contributed by atoms with Gasteiger partial charge in [0.05, 0.1) is 24.2 Å². The summed E-state index contributed by atoms with van der Waals surface area (Å²) in [6, 6.07) is 14.4. The van der Waals surface area contributed by atoms with Gasteiger partial charge in [-0.1, -0.05) is 42.5 Å². The summed E-state index contributed by atoms with van der Waals surface area (Å²) in [5, 5.41) is 0. The van der Waals surface area contributed by atoms with Crippen LogP contribution in [0, 0.1) is 11.7 Å². The maximum Gasteiger partial charge on any atom is 0.410 e. The molecule has 2 N–H and O–H groups in total. The molecule has 1 aromatic heterocycles. The maximum absolute atomic E-state index is 13.7. The number of fused-ring (bicyclic) bond motifs is 1. The predicted octanol–water partition coefficient (Wildman–Crippen LogP) is 5.22. The van der Waals surface area contributed by atoms with Crippen LogP contribution in [0.4, 0.5) is 28.3 Å². The molecule has 1 saturated carbocycles. The fourth-order valence-electron chi connectivity index (χ4n) is 5.42. The SMILES string of the molecule is Nc1nc2c(c(=O)n1C(c1ccccc1)c1ccc(F)cc1)CCN(C(=O)O[C@H]1CC[C@@H](C(F)(F)F)CC1)C2. The molecule has 0 bridgehead atoms. The van der Waals surface area contributed by atoms with E-state index in [1.54, 1.807) is 12.1 Å². The van der Waals surface area contributed by atoms with E-state index in [2.05, 4.69) is 4.98 Å². The Morgan fingerprint density at radius 1 is 1.00 bits per heavy atom. The third kappa shape index (κ3) is 5.62. The van der Waals surface area contributed by atoms with Crippen molar-refractivity contribution in [2.24, 2.45) is 5.92 Å². The van der Waals surface area contributed by atoms with Crippen LogP contribution in [0.5, 0.6) is 0 Å². The zero-order valence-corrected chi connectivity index (χ0v) is 21.0. The highest BCUT2D eigenvalue weighted by Gasteiger charge is 2.42. The third-order valence-electron chi connectivity index (χ3n) is 7.52. The molecule has 5 rings (SSSR count). The van der Waals surface area contributed by atoms with Gasteiger partial charge in [-0.3, -0.25) is 9.36 Å². The molecule has 1 amide bonds. The number of anilines is 1. The van der Waals surface area contributed by atoms with Crippen molar-refractivity contribution < 1.29 is 27.1 Å². The minimum absolute atomic E-state index is 0.00110. The number of nitrogens with two attached hydrogens (primary N) is 1. The highest BCUT2D eigenvalue weighted by molar-refractivity contribution is 5.68. The Balaban J connectivity index is 1.37. The summed E-state index contributed by atoms with van der Waals surface area (Å²) in [5.41, 5.74) is 8.15. The Hall–Kier alpha value is -3.89. The summed E-state index contributed by atoms with van der Waals surface area (Å²) in [6.45, 7) is 0.190. The van der Waals surface area contributed by atoms with E-state index in [9.17, 15) is 27.2 Å². The molecule has 39 heavy (non-hydrogen) atoms. The van der Waals surface area contributed by atoms with Gasteiger partial charge in [-0.25, -0.2) is 14.2 Å². The summed E-state index contributed by atoms with van der Waals surface area (Å²) in [4.78, 5) is 32.4. The van der Waals surface area contributed by atoms with Gasteiger partial charge in [-0.2, -0.15) is 13.2 Å². The number of nitrogen functional groups attached to an aromatic ring is 1. The van der Waals surface area contributed by atoms with Crippen molar-refractivity contribution in [1.29, 1.82) is 0 Å². The van der Waals surface area contributed by atoms with Crippen LogP contribution in [0.25, 0.3) is 0 Å². The van der Waals surface area contributed by atoms with Gasteiger partial charge in [0, 0.05) is 12.1 Å². The molecule has 1 unspecified atom stereocenters. The number of carbonyl (C=O) groups is 1. The molecule has 7 nitrogen and oxygen atoms in total. The Kier molecular flexibility index (Phi) is 7.33. The first-order valence-corrected chi connectivity index (χ1v) is 12.8. The first-order chi connectivity index (χ1) is 18.6. The van der Waals surface area contributed by atoms with Gasteiger partial charge in [-0.15, -0.1) is 0 Å². The number of halogens is 4. The lowest BCUT2D eigenvalue weighted by Gasteiger charge is -2.33. The number of nitrogens with zero attached hydrogens (tertiary/aromatic N) is 3. The average Bonchev–Trinajstić information content (AvgIpc) is 2.91. The molecule has 11 heteroatoms. The Morgan fingerprint density at radius 3 is 2.28 bits per heavy atom. The van der Waals surface area contributed by atoms with E-state index >= 15 is 0 Å². The Labute approximate surface area is 222 Å². The number of ether oxygens (including phenoxy) is 1. The van der Waals surface area contributed by atoms with Crippen molar-refractivity contribution in [3.05, 3.63) is 93.2 Å². The number of carbonyl (C=O) groups excluding carboxylic acids is 1. The van der Waals surface area contributed by atoms with Crippen LogP contribution < -0.4 is 11.3 Å². The van der Waals surface area contributed by atoms with Gasteiger partial charge in [0.1, 0.15) is 11.9 Å². The van der Waals surface area contributed by atoms with Gasteiger partial charge in [0.25, 0.3) is 5.56 Å². The molecule has 2 aliphatic rings. The topological polar surface area (TPSA) is 90.5 Å². The third-order valence-corrected chi connectivity index (χ3v) is 7.52. The van der Waals surface area contributed by atoms with Gasteiger partial charge in [-0.05, 0) is 55.4 Å². The molecular formula is C28H28F4N4O3. The van der Waals surface area contributed by atoms with Crippen molar-refractivity contribution in [2.45, 2.75) is 57.0 Å². The highest BCUT2D eigenvalue weighted by atomic mass is 19.4. The molecular weight excluding hydrogens is 516 g/mol. The smallest absolute Gasteiger partial charge is 0.410 e. The fourth-order valence-corrected chi connectivity index (χ4v) is 5.42. The van der Waals surface area contributed by atoms with E-state index in [1.165, 1.54) is 21.6 Å². The van der Waals surface area contributed by atoms with Crippen LogP contribution in [0.15, 0.2) is 59.4 Å². The number of alkyl halides is 3. The summed E-state index contributed by atoms with van der Waals surface area (Å²) in [7, 11) is 0. The van der Waals surface area contributed by atoms with Crippen molar-refractivity contribution in [1.82, 2.24) is 14.5 Å². The Morgan fingerprint density at radius 2 is 1.64 bits per heavy atom. The molecule has 2 aromatic carbocycles. The second-order valence-electron chi connectivity index (χ2n) is 10.0. The standard InChI is InChI=1S/C28H28F4N4O3/c29-20-10-6-18(7-11-20)24(17-4-2-1-3-5-17)36-25(37)22-14-15-35(16-23(22)34-26(36)33)27(38)39-21-12-8-19(9-13-21)28(30,31)32/h1-7,10-11,19,21,24H,8-9,12-16H2,(H2,33,34)/t19-,21+,24?. The molecule has 206 valence electrons. The van der Waals surface area contributed by atoms with Crippen molar-refractivity contribution in [3.63, 3.8) is 0 Å². The number of aromatic nitrogens is 2. The molecule has 0 radical (unpaired) electrons. The van der Waals surface area contributed by atoms with E-state index in [1.807, 2.05) is 30.3 Å².